The van der Waals surface area contributed by atoms with Gasteiger partial charge in [-0.25, -0.2) is 18.4 Å². The first-order valence-corrected chi connectivity index (χ1v) is 26.1. The second-order valence-electron chi connectivity index (χ2n) is 21.5. The van der Waals surface area contributed by atoms with Gasteiger partial charge in [-0.05, 0) is 146 Å². The van der Waals surface area contributed by atoms with Crippen LogP contribution in [0.5, 0.6) is 0 Å². The molecular formula is C58H74F2N6O9. The number of nitrogens with one attached hydrogen (secondary N) is 3. The summed E-state index contributed by atoms with van der Waals surface area (Å²) in [6, 6.07) is 27.6. The summed E-state index contributed by atoms with van der Waals surface area (Å²) in [6.45, 7) is 13.4. The second-order valence-corrected chi connectivity index (χ2v) is 21.5. The van der Waals surface area contributed by atoms with E-state index in [2.05, 4.69) is 34.1 Å². The molecular weight excluding hydrogens is 963 g/mol. The van der Waals surface area contributed by atoms with Gasteiger partial charge in [-0.2, -0.15) is 0 Å². The number of aliphatic carboxylic acids is 1. The maximum Gasteiger partial charge on any atom is 0.407 e. The van der Waals surface area contributed by atoms with Crippen LogP contribution in [-0.2, 0) is 54.3 Å². The van der Waals surface area contributed by atoms with Crippen molar-refractivity contribution in [2.75, 3.05) is 36.0 Å². The smallest absolute Gasteiger partial charge is 0.407 e. The Hall–Kier alpha value is -6.88. The number of aryl methyl sites for hydroxylation is 2. The van der Waals surface area contributed by atoms with Crippen LogP contribution in [-0.4, -0.2) is 107 Å². The van der Waals surface area contributed by atoms with Gasteiger partial charge in [0.25, 0.3) is 0 Å². The average molecular weight is 1040 g/mol. The molecule has 4 heterocycles. The van der Waals surface area contributed by atoms with E-state index in [9.17, 15) is 37.5 Å². The zero-order valence-electron chi connectivity index (χ0n) is 44.2. The molecule has 4 aliphatic heterocycles. The number of para-hydroxylation sites is 2. The number of fused-ring (bicyclic) bond motifs is 2. The highest BCUT2D eigenvalue weighted by molar-refractivity contribution is 5.97. The molecule has 0 aromatic heterocycles. The molecule has 2 unspecified atom stereocenters. The Balaban J connectivity index is 0.000000202. The average Bonchev–Trinajstić information content (AvgIpc) is 4.04. The highest BCUT2D eigenvalue weighted by Crippen LogP contribution is 2.31. The van der Waals surface area contributed by atoms with E-state index in [1.165, 1.54) is 30.5 Å². The van der Waals surface area contributed by atoms with Crippen molar-refractivity contribution in [2.24, 2.45) is 0 Å². The molecule has 0 bridgehead atoms. The summed E-state index contributed by atoms with van der Waals surface area (Å²) in [4.78, 5) is 79.1. The van der Waals surface area contributed by atoms with Crippen LogP contribution in [0.3, 0.4) is 0 Å². The van der Waals surface area contributed by atoms with Gasteiger partial charge in [0.2, 0.25) is 17.7 Å². The first-order valence-electron chi connectivity index (χ1n) is 26.1. The van der Waals surface area contributed by atoms with Gasteiger partial charge in [-0.3, -0.25) is 19.2 Å². The fourth-order valence-electron chi connectivity index (χ4n) is 9.79. The van der Waals surface area contributed by atoms with Crippen molar-refractivity contribution in [3.63, 3.8) is 0 Å². The maximum absolute atomic E-state index is 14.4. The molecule has 75 heavy (non-hydrogen) atoms. The van der Waals surface area contributed by atoms with E-state index >= 15 is 0 Å². The SMILES string of the molecule is CC(C)(C)OC(=O)N[C@@H](CC(=O)N1CCCC1CN1C(=O)CCc2ccccc21)Cc1ccccc1F.CC(C)(C)OC(=O)N[C@@H](CC(=O)O)Cc1ccccc1F.O=C1CCc2ccccc2N1CC1CCCN1. The Morgan fingerprint density at radius 1 is 0.640 bits per heavy atom. The summed E-state index contributed by atoms with van der Waals surface area (Å²) in [5.74, 6) is -1.67. The van der Waals surface area contributed by atoms with Crippen LogP contribution >= 0.6 is 0 Å². The minimum Gasteiger partial charge on any atom is -0.481 e. The van der Waals surface area contributed by atoms with Crippen LogP contribution in [0.25, 0.3) is 0 Å². The van der Waals surface area contributed by atoms with E-state index in [0.717, 1.165) is 55.7 Å². The molecule has 4 atom stereocenters. The van der Waals surface area contributed by atoms with Crippen LogP contribution in [0.1, 0.15) is 115 Å². The van der Waals surface area contributed by atoms with Gasteiger partial charge in [0, 0.05) is 74.4 Å². The highest BCUT2D eigenvalue weighted by atomic mass is 19.1. The number of nitrogens with zero attached hydrogens (tertiary/aromatic N) is 3. The zero-order chi connectivity index (χ0) is 54.3. The lowest BCUT2D eigenvalue weighted by molar-refractivity contribution is -0.137. The number of carbonyl (C=O) groups excluding carboxylic acids is 5. The monoisotopic (exact) mass is 1040 g/mol. The molecule has 0 saturated carbocycles. The lowest BCUT2D eigenvalue weighted by Gasteiger charge is -2.35. The molecule has 8 rings (SSSR count). The van der Waals surface area contributed by atoms with E-state index in [-0.39, 0.29) is 55.3 Å². The highest BCUT2D eigenvalue weighted by Gasteiger charge is 2.35. The van der Waals surface area contributed by atoms with Gasteiger partial charge >= 0.3 is 18.2 Å². The van der Waals surface area contributed by atoms with Crippen LogP contribution < -0.4 is 25.8 Å². The Bertz CT molecular complexity index is 2610. The number of halogens is 2. The van der Waals surface area contributed by atoms with Crippen molar-refractivity contribution in [1.82, 2.24) is 20.9 Å². The molecule has 4 aliphatic rings. The summed E-state index contributed by atoms with van der Waals surface area (Å²) in [6.07, 6.45) is 5.38. The van der Waals surface area contributed by atoms with Crippen LogP contribution in [0, 0.1) is 11.6 Å². The first-order chi connectivity index (χ1) is 35.6. The van der Waals surface area contributed by atoms with Crippen molar-refractivity contribution < 1.29 is 52.1 Å². The zero-order valence-corrected chi connectivity index (χ0v) is 44.2. The summed E-state index contributed by atoms with van der Waals surface area (Å²) in [5.41, 5.74) is 3.88. The van der Waals surface area contributed by atoms with E-state index in [0.29, 0.717) is 43.1 Å². The fourth-order valence-corrected chi connectivity index (χ4v) is 9.79. The van der Waals surface area contributed by atoms with E-state index in [1.54, 1.807) is 77.9 Å². The number of benzene rings is 4. The van der Waals surface area contributed by atoms with E-state index in [1.807, 2.05) is 45.0 Å². The molecule has 15 nitrogen and oxygen atoms in total. The predicted octanol–water partition coefficient (Wildman–Crippen LogP) is 9.08. The normalized spacial score (nSPS) is 18.0. The van der Waals surface area contributed by atoms with Gasteiger partial charge < -0.3 is 45.2 Å². The van der Waals surface area contributed by atoms with Crippen molar-refractivity contribution in [3.8, 4) is 0 Å². The molecule has 0 radical (unpaired) electrons. The van der Waals surface area contributed by atoms with Crippen molar-refractivity contribution >= 4 is 47.3 Å². The summed E-state index contributed by atoms with van der Waals surface area (Å²) in [7, 11) is 0. The summed E-state index contributed by atoms with van der Waals surface area (Å²) < 4.78 is 38.5. The maximum atomic E-state index is 14.4. The van der Waals surface area contributed by atoms with Gasteiger partial charge in [0.15, 0.2) is 0 Å². The van der Waals surface area contributed by atoms with Gasteiger partial charge in [-0.15, -0.1) is 0 Å². The predicted molar refractivity (Wildman–Crippen MR) is 283 cm³/mol. The minimum atomic E-state index is -1.08. The molecule has 4 aromatic carbocycles. The number of ether oxygens (including phenoxy) is 2. The molecule has 2 fully saturated rings. The number of carbonyl (C=O) groups is 6. The number of hydrogen-bond acceptors (Lipinski definition) is 9. The number of alkyl carbamates (subject to hydrolysis) is 2. The number of carboxylic acids is 1. The van der Waals surface area contributed by atoms with Crippen LogP contribution in [0.15, 0.2) is 97.1 Å². The molecule has 4 N–H and O–H groups in total. The lowest BCUT2D eigenvalue weighted by atomic mass is 10.00. The molecule has 404 valence electrons. The minimum absolute atomic E-state index is 0.00854. The molecule has 0 aliphatic carbocycles. The third-order valence-electron chi connectivity index (χ3n) is 13.2. The van der Waals surface area contributed by atoms with Crippen molar-refractivity contribution in [2.45, 2.75) is 154 Å². The quantitative estimate of drug-likeness (QED) is 0.0950. The molecule has 5 amide bonds. The number of hydrogen-bond donors (Lipinski definition) is 4. The van der Waals surface area contributed by atoms with E-state index < -0.39 is 47.3 Å². The lowest BCUT2D eigenvalue weighted by Crippen LogP contribution is -2.49. The van der Waals surface area contributed by atoms with Crippen molar-refractivity contribution in [3.05, 3.63) is 131 Å². The van der Waals surface area contributed by atoms with Gasteiger partial charge in [0.1, 0.15) is 22.8 Å². The number of amides is 5. The Labute approximate surface area is 439 Å². The van der Waals surface area contributed by atoms with E-state index in [4.69, 9.17) is 14.6 Å². The topological polar surface area (TPSA) is 187 Å². The Kier molecular flexibility index (Phi) is 20.3. The third-order valence-corrected chi connectivity index (χ3v) is 13.2. The Morgan fingerprint density at radius 3 is 1.57 bits per heavy atom. The van der Waals surface area contributed by atoms with Crippen LogP contribution in [0.2, 0.25) is 0 Å². The Morgan fingerprint density at radius 2 is 1.11 bits per heavy atom. The van der Waals surface area contributed by atoms with Crippen LogP contribution in [0.4, 0.5) is 29.7 Å². The first kappa shape index (κ1) is 57.4. The number of carboxylic acid groups (broad SMARTS) is 1. The third kappa shape index (κ3) is 17.9. The number of likely N-dealkylation sites (tertiary alicyclic amines) is 1. The summed E-state index contributed by atoms with van der Waals surface area (Å²) in [5, 5.41) is 17.6. The largest absolute Gasteiger partial charge is 0.481 e. The summed E-state index contributed by atoms with van der Waals surface area (Å²) >= 11 is 0. The van der Waals surface area contributed by atoms with Gasteiger partial charge in [0.05, 0.1) is 6.42 Å². The molecule has 0 spiro atoms. The molecule has 2 saturated heterocycles. The molecule has 17 heteroatoms. The van der Waals surface area contributed by atoms with Gasteiger partial charge in [-0.1, -0.05) is 72.8 Å². The fraction of sp³-hybridized carbons (Fsp3) is 0.483. The number of rotatable bonds is 14. The van der Waals surface area contributed by atoms with Crippen molar-refractivity contribution in [1.29, 1.82) is 0 Å². The number of anilines is 2. The standard InChI is InChI=1S/C29H36FN3O4.C15H20FNO4.C14H18N2O/c1-29(2,3)37-28(36)31-22(17-21-10-4-6-12-24(21)30)18-27(35)32-16-8-11-23(32)19-33-25-13-7-5-9-20(25)14-15-26(33)34;1-15(2,3)21-14(20)17-11(9-13(18)19)8-10-6-4-5-7-12(10)16;17-14-8-7-11-4-1-2-6-13(11)16(14)10-12-5-3-9-15-12/h4-7,9-10,12-13,22-23H,8,11,14-19H2,1-3H3,(H,31,36);4-7,11H,8-9H2,1-3H3,(H,17,20)(H,18,19);1-2,4,6,12,15H,3,5,7-10H2/t22-,23?;11-;/m11./s1. The molecule has 4 aromatic rings. The second kappa shape index (κ2) is 26.6.